The van der Waals surface area contributed by atoms with Crippen LogP contribution in [-0.2, 0) is 11.3 Å². The van der Waals surface area contributed by atoms with Crippen LogP contribution >= 0.6 is 11.8 Å². The summed E-state index contributed by atoms with van der Waals surface area (Å²) in [6.45, 7) is 3.16. The number of carbonyl (C=O) groups is 3. The topological polar surface area (TPSA) is 69.7 Å². The highest BCUT2D eigenvalue weighted by Gasteiger charge is 2.34. The van der Waals surface area contributed by atoms with E-state index in [9.17, 15) is 14.4 Å². The number of amides is 3. The van der Waals surface area contributed by atoms with Gasteiger partial charge >= 0.3 is 0 Å². The Labute approximate surface area is 157 Å². The second-order valence-corrected chi connectivity index (χ2v) is 8.25. The van der Waals surface area contributed by atoms with Gasteiger partial charge in [0.05, 0.1) is 12.3 Å². The maximum Gasteiger partial charge on any atom is 0.289 e. The highest BCUT2D eigenvalue weighted by Crippen LogP contribution is 2.31. The molecule has 3 fully saturated rings. The average molecular weight is 373 g/mol. The summed E-state index contributed by atoms with van der Waals surface area (Å²) in [5.74, 6) is 0.472. The number of benzene rings is 1. The maximum atomic E-state index is 12.5. The van der Waals surface area contributed by atoms with E-state index >= 15 is 0 Å². The second-order valence-electron chi connectivity index (χ2n) is 7.33. The third-order valence-electron chi connectivity index (χ3n) is 5.30. The molecule has 1 aromatic carbocycles. The van der Waals surface area contributed by atoms with E-state index in [1.807, 2.05) is 6.07 Å². The van der Waals surface area contributed by atoms with Gasteiger partial charge in [-0.2, -0.15) is 0 Å². The summed E-state index contributed by atoms with van der Waals surface area (Å²) in [7, 11) is 0. The van der Waals surface area contributed by atoms with Crippen molar-refractivity contribution >= 4 is 28.8 Å². The molecule has 0 aromatic heterocycles. The molecule has 4 rings (SSSR count). The van der Waals surface area contributed by atoms with Crippen LogP contribution in [-0.4, -0.2) is 58.3 Å². The number of nitrogens with zero attached hydrogens (tertiary/aromatic N) is 2. The van der Waals surface area contributed by atoms with Crippen LogP contribution in [0.5, 0.6) is 0 Å². The molecule has 0 unspecified atom stereocenters. The highest BCUT2D eigenvalue weighted by atomic mass is 32.2. The molecule has 0 spiro atoms. The molecule has 2 aliphatic heterocycles. The molecule has 0 radical (unpaired) electrons. The fourth-order valence-electron chi connectivity index (χ4n) is 3.67. The number of hydrogen-bond acceptors (Lipinski definition) is 5. The van der Waals surface area contributed by atoms with Gasteiger partial charge in [-0.3, -0.25) is 19.3 Å². The van der Waals surface area contributed by atoms with Crippen molar-refractivity contribution in [3.63, 3.8) is 0 Å². The molecule has 2 heterocycles. The first-order chi connectivity index (χ1) is 12.6. The Balaban J connectivity index is 1.31. The third-order valence-corrected chi connectivity index (χ3v) is 6.16. The van der Waals surface area contributed by atoms with Gasteiger partial charge in [-0.1, -0.05) is 23.9 Å². The minimum Gasteiger partial charge on any atom is -0.352 e. The van der Waals surface area contributed by atoms with Gasteiger partial charge in [-0.05, 0) is 49.4 Å². The summed E-state index contributed by atoms with van der Waals surface area (Å²) in [4.78, 5) is 39.7. The SMILES string of the molecule is O=C(NC[C@H]1CCN(C2CC2)C1)c1cccc(CN2C(=O)CSC2=O)c1. The average Bonchev–Trinajstić information content (AvgIpc) is 3.32. The molecule has 1 saturated carbocycles. The van der Waals surface area contributed by atoms with E-state index in [1.54, 1.807) is 18.2 Å². The van der Waals surface area contributed by atoms with Crippen molar-refractivity contribution in [1.82, 2.24) is 15.1 Å². The van der Waals surface area contributed by atoms with Crippen molar-refractivity contribution in [2.45, 2.75) is 31.8 Å². The number of hydrogen-bond donors (Lipinski definition) is 1. The Hall–Kier alpha value is -1.86. The Morgan fingerprint density at radius 3 is 2.81 bits per heavy atom. The Bertz CT molecular complexity index is 718. The van der Waals surface area contributed by atoms with E-state index in [4.69, 9.17) is 0 Å². The van der Waals surface area contributed by atoms with Crippen LogP contribution in [0.3, 0.4) is 0 Å². The first kappa shape index (κ1) is 17.5. The highest BCUT2D eigenvalue weighted by molar-refractivity contribution is 8.14. The monoisotopic (exact) mass is 373 g/mol. The van der Waals surface area contributed by atoms with Crippen LogP contribution in [0, 0.1) is 5.92 Å². The number of rotatable bonds is 6. The molecule has 1 aliphatic carbocycles. The molecule has 1 N–H and O–H groups in total. The van der Waals surface area contributed by atoms with Gasteiger partial charge in [0.1, 0.15) is 0 Å². The van der Waals surface area contributed by atoms with Crippen molar-refractivity contribution < 1.29 is 14.4 Å². The molecule has 3 amide bonds. The molecular formula is C19H23N3O3S. The lowest BCUT2D eigenvalue weighted by Gasteiger charge is -2.16. The van der Waals surface area contributed by atoms with Gasteiger partial charge < -0.3 is 10.2 Å². The molecule has 26 heavy (non-hydrogen) atoms. The predicted molar refractivity (Wildman–Crippen MR) is 99.9 cm³/mol. The lowest BCUT2D eigenvalue weighted by atomic mass is 10.1. The molecule has 1 aromatic rings. The number of carbonyl (C=O) groups excluding carboxylic acids is 3. The third kappa shape index (κ3) is 3.94. The van der Waals surface area contributed by atoms with E-state index in [0.29, 0.717) is 18.0 Å². The first-order valence-corrected chi connectivity index (χ1v) is 10.2. The van der Waals surface area contributed by atoms with Crippen molar-refractivity contribution in [3.8, 4) is 0 Å². The van der Waals surface area contributed by atoms with Crippen LogP contribution < -0.4 is 5.32 Å². The van der Waals surface area contributed by atoms with Crippen LogP contribution in [0.2, 0.25) is 0 Å². The lowest BCUT2D eigenvalue weighted by molar-refractivity contribution is -0.125. The van der Waals surface area contributed by atoms with Crippen LogP contribution in [0.25, 0.3) is 0 Å². The van der Waals surface area contributed by atoms with Crippen molar-refractivity contribution in [2.75, 3.05) is 25.4 Å². The zero-order valence-corrected chi connectivity index (χ0v) is 15.5. The Morgan fingerprint density at radius 1 is 1.23 bits per heavy atom. The molecule has 2 saturated heterocycles. The standard InChI is InChI=1S/C19H23N3O3S/c23-17-12-26-19(25)22(17)11-13-2-1-3-15(8-13)18(24)20-9-14-6-7-21(10-14)16-4-5-16/h1-3,8,14,16H,4-7,9-12H2,(H,20,24)/t14-/m1/s1. The number of thioether (sulfide) groups is 1. The lowest BCUT2D eigenvalue weighted by Crippen LogP contribution is -2.31. The van der Waals surface area contributed by atoms with Crippen molar-refractivity contribution in [3.05, 3.63) is 35.4 Å². The number of likely N-dealkylation sites (tertiary alicyclic amines) is 1. The van der Waals surface area contributed by atoms with Crippen molar-refractivity contribution in [2.24, 2.45) is 5.92 Å². The summed E-state index contributed by atoms with van der Waals surface area (Å²) in [6, 6.07) is 7.97. The number of nitrogens with one attached hydrogen (secondary N) is 1. The summed E-state index contributed by atoms with van der Waals surface area (Å²) >= 11 is 1.03. The zero-order chi connectivity index (χ0) is 18.1. The minimum absolute atomic E-state index is 0.0924. The first-order valence-electron chi connectivity index (χ1n) is 9.18. The molecule has 138 valence electrons. The quantitative estimate of drug-likeness (QED) is 0.827. The van der Waals surface area contributed by atoms with Gasteiger partial charge in [-0.15, -0.1) is 0 Å². The Kier molecular flexibility index (Phi) is 5.00. The smallest absolute Gasteiger partial charge is 0.289 e. The summed E-state index contributed by atoms with van der Waals surface area (Å²) < 4.78 is 0. The second kappa shape index (κ2) is 7.40. The minimum atomic E-state index is -0.216. The summed E-state index contributed by atoms with van der Waals surface area (Å²) in [5, 5.41) is 2.83. The summed E-state index contributed by atoms with van der Waals surface area (Å²) in [5.41, 5.74) is 1.37. The van der Waals surface area contributed by atoms with Gasteiger partial charge in [0.2, 0.25) is 5.91 Å². The van der Waals surface area contributed by atoms with E-state index in [2.05, 4.69) is 10.2 Å². The number of imide groups is 1. The molecule has 3 aliphatic rings. The largest absolute Gasteiger partial charge is 0.352 e. The van der Waals surface area contributed by atoms with Gasteiger partial charge in [0, 0.05) is 24.7 Å². The van der Waals surface area contributed by atoms with Gasteiger partial charge in [0.25, 0.3) is 11.1 Å². The van der Waals surface area contributed by atoms with Crippen LogP contribution in [0.15, 0.2) is 24.3 Å². The molecule has 0 bridgehead atoms. The fourth-order valence-corrected chi connectivity index (χ4v) is 4.39. The van der Waals surface area contributed by atoms with E-state index < -0.39 is 0 Å². The van der Waals surface area contributed by atoms with Crippen LogP contribution in [0.1, 0.15) is 35.2 Å². The Morgan fingerprint density at radius 2 is 2.08 bits per heavy atom. The molecular weight excluding hydrogens is 350 g/mol. The fraction of sp³-hybridized carbons (Fsp3) is 0.526. The van der Waals surface area contributed by atoms with Crippen LogP contribution in [0.4, 0.5) is 4.79 Å². The molecule has 7 heteroatoms. The van der Waals surface area contributed by atoms with E-state index in [1.165, 1.54) is 17.7 Å². The summed E-state index contributed by atoms with van der Waals surface area (Å²) in [6.07, 6.45) is 3.80. The maximum absolute atomic E-state index is 12.5. The van der Waals surface area contributed by atoms with Gasteiger partial charge in [0.15, 0.2) is 0 Å². The van der Waals surface area contributed by atoms with Gasteiger partial charge in [-0.25, -0.2) is 0 Å². The normalized spacial score (nSPS) is 23.7. The van der Waals surface area contributed by atoms with E-state index in [0.717, 1.165) is 42.9 Å². The zero-order valence-electron chi connectivity index (χ0n) is 14.6. The van der Waals surface area contributed by atoms with Crippen molar-refractivity contribution in [1.29, 1.82) is 0 Å². The van der Waals surface area contributed by atoms with E-state index in [-0.39, 0.29) is 29.4 Å². The predicted octanol–water partition coefficient (Wildman–Crippen LogP) is 2.10. The molecule has 6 nitrogen and oxygen atoms in total. The molecule has 1 atom stereocenters.